The Morgan fingerprint density at radius 3 is 1.82 bits per heavy atom. The number of rotatable bonds is 8. The third-order valence-corrected chi connectivity index (χ3v) is 1.07. The van der Waals surface area contributed by atoms with Crippen LogP contribution in [-0.4, -0.2) is 26.3 Å². The smallest absolute Gasteiger partial charge is 0.0639 e. The van der Waals surface area contributed by atoms with Crippen LogP contribution in [0.2, 0.25) is 0 Å². The van der Waals surface area contributed by atoms with Crippen LogP contribution in [0.25, 0.3) is 0 Å². The predicted octanol–water partition coefficient (Wildman–Crippen LogP) is 0.469. The van der Waals surface area contributed by atoms with Gasteiger partial charge in [-0.15, -0.1) is 0 Å². The first-order chi connectivity index (χ1) is 5.41. The standard InChI is InChI=1S/C8H16N2O/c1-3-9-5-7-11-8-6-10-4-2/h3-4,9-10H,1-2,5-8H2. The maximum absolute atomic E-state index is 5.22. The van der Waals surface area contributed by atoms with Crippen LogP contribution in [0.4, 0.5) is 0 Å². The van der Waals surface area contributed by atoms with E-state index in [9.17, 15) is 0 Å². The molecule has 3 nitrogen and oxygen atoms in total. The summed E-state index contributed by atoms with van der Waals surface area (Å²) in [5.74, 6) is 0. The van der Waals surface area contributed by atoms with Crippen LogP contribution in [0.5, 0.6) is 0 Å². The Morgan fingerprint density at radius 2 is 1.45 bits per heavy atom. The molecule has 0 aromatic rings. The fourth-order valence-corrected chi connectivity index (χ4v) is 0.568. The van der Waals surface area contributed by atoms with Crippen molar-refractivity contribution >= 4 is 0 Å². The second-order valence-corrected chi connectivity index (χ2v) is 1.93. The van der Waals surface area contributed by atoms with Crippen LogP contribution in [0.15, 0.2) is 25.6 Å². The molecule has 3 heteroatoms. The van der Waals surface area contributed by atoms with Crippen molar-refractivity contribution < 1.29 is 4.74 Å². The molecule has 0 saturated carbocycles. The second kappa shape index (κ2) is 9.04. The van der Waals surface area contributed by atoms with E-state index < -0.39 is 0 Å². The van der Waals surface area contributed by atoms with Gasteiger partial charge in [0.05, 0.1) is 13.2 Å². The van der Waals surface area contributed by atoms with E-state index in [1.54, 1.807) is 12.4 Å². The first kappa shape index (κ1) is 10.0. The predicted molar refractivity (Wildman–Crippen MR) is 47.2 cm³/mol. The fraction of sp³-hybridized carbons (Fsp3) is 0.500. The van der Waals surface area contributed by atoms with Gasteiger partial charge < -0.3 is 15.4 Å². The van der Waals surface area contributed by atoms with Gasteiger partial charge in [-0.3, -0.25) is 0 Å². The SMILES string of the molecule is C=CNCCOCCNC=C. The van der Waals surface area contributed by atoms with Crippen molar-refractivity contribution in [3.63, 3.8) is 0 Å². The van der Waals surface area contributed by atoms with Gasteiger partial charge in [0.1, 0.15) is 0 Å². The first-order valence-corrected chi connectivity index (χ1v) is 3.68. The molecule has 0 spiro atoms. The molecule has 0 amide bonds. The Balaban J connectivity index is 2.79. The Hall–Kier alpha value is -0.960. The summed E-state index contributed by atoms with van der Waals surface area (Å²) in [6.45, 7) is 10.1. The number of nitrogens with one attached hydrogen (secondary N) is 2. The second-order valence-electron chi connectivity index (χ2n) is 1.93. The molecule has 0 aromatic carbocycles. The number of ether oxygens (including phenoxy) is 1. The molecular formula is C8H16N2O. The summed E-state index contributed by atoms with van der Waals surface area (Å²) in [5, 5.41) is 5.87. The molecule has 0 heterocycles. The molecule has 0 aliphatic rings. The van der Waals surface area contributed by atoms with Crippen molar-refractivity contribution in [3.8, 4) is 0 Å². The van der Waals surface area contributed by atoms with E-state index in [-0.39, 0.29) is 0 Å². The molecule has 0 aliphatic carbocycles. The Labute approximate surface area is 68.1 Å². The van der Waals surface area contributed by atoms with Gasteiger partial charge in [0.15, 0.2) is 0 Å². The summed E-state index contributed by atoms with van der Waals surface area (Å²) >= 11 is 0. The number of hydrogen-bond donors (Lipinski definition) is 2. The highest BCUT2D eigenvalue weighted by atomic mass is 16.5. The van der Waals surface area contributed by atoms with Crippen LogP contribution < -0.4 is 10.6 Å². The van der Waals surface area contributed by atoms with Gasteiger partial charge in [-0.2, -0.15) is 0 Å². The molecule has 0 saturated heterocycles. The minimum Gasteiger partial charge on any atom is -0.389 e. The van der Waals surface area contributed by atoms with Crippen LogP contribution in [0, 0.1) is 0 Å². The monoisotopic (exact) mass is 156 g/mol. The third kappa shape index (κ3) is 9.04. The van der Waals surface area contributed by atoms with E-state index >= 15 is 0 Å². The van der Waals surface area contributed by atoms with E-state index in [2.05, 4.69) is 23.8 Å². The zero-order chi connectivity index (χ0) is 8.36. The molecule has 0 aliphatic heterocycles. The Bertz CT molecular complexity index is 92.3. The van der Waals surface area contributed by atoms with Gasteiger partial charge in [0, 0.05) is 13.1 Å². The summed E-state index contributed by atoms with van der Waals surface area (Å²) in [6.07, 6.45) is 3.32. The van der Waals surface area contributed by atoms with Crippen molar-refractivity contribution in [1.29, 1.82) is 0 Å². The van der Waals surface area contributed by atoms with Crippen LogP contribution in [0.3, 0.4) is 0 Å². The summed E-state index contributed by atoms with van der Waals surface area (Å²) < 4.78 is 5.22. The molecular weight excluding hydrogens is 140 g/mol. The van der Waals surface area contributed by atoms with E-state index in [1.165, 1.54) is 0 Å². The Morgan fingerprint density at radius 1 is 1.00 bits per heavy atom. The highest BCUT2D eigenvalue weighted by Crippen LogP contribution is 1.71. The molecule has 0 aromatic heterocycles. The minimum absolute atomic E-state index is 0.713. The lowest BCUT2D eigenvalue weighted by molar-refractivity contribution is 0.142. The topological polar surface area (TPSA) is 33.3 Å². The summed E-state index contributed by atoms with van der Waals surface area (Å²) in [7, 11) is 0. The molecule has 0 rings (SSSR count). The largest absolute Gasteiger partial charge is 0.389 e. The van der Waals surface area contributed by atoms with Crippen molar-refractivity contribution in [3.05, 3.63) is 25.6 Å². The first-order valence-electron chi connectivity index (χ1n) is 3.68. The zero-order valence-corrected chi connectivity index (χ0v) is 6.81. The lowest BCUT2D eigenvalue weighted by Gasteiger charge is -2.03. The van der Waals surface area contributed by atoms with Crippen molar-refractivity contribution in [1.82, 2.24) is 10.6 Å². The van der Waals surface area contributed by atoms with Crippen LogP contribution in [0.1, 0.15) is 0 Å². The summed E-state index contributed by atoms with van der Waals surface area (Å²) in [5.41, 5.74) is 0. The van der Waals surface area contributed by atoms with Gasteiger partial charge in [-0.25, -0.2) is 0 Å². The average molecular weight is 156 g/mol. The van der Waals surface area contributed by atoms with Gasteiger partial charge in [-0.05, 0) is 12.4 Å². The molecule has 0 atom stereocenters. The lowest BCUT2D eigenvalue weighted by Crippen LogP contribution is -2.18. The highest BCUT2D eigenvalue weighted by molar-refractivity contribution is 4.63. The summed E-state index contributed by atoms with van der Waals surface area (Å²) in [4.78, 5) is 0. The zero-order valence-electron chi connectivity index (χ0n) is 6.81. The van der Waals surface area contributed by atoms with E-state index in [4.69, 9.17) is 4.74 Å². The maximum atomic E-state index is 5.22. The molecule has 2 N–H and O–H groups in total. The van der Waals surface area contributed by atoms with Gasteiger partial charge >= 0.3 is 0 Å². The van der Waals surface area contributed by atoms with E-state index in [0.29, 0.717) is 13.2 Å². The lowest BCUT2D eigenvalue weighted by atomic mass is 10.6. The van der Waals surface area contributed by atoms with Crippen molar-refractivity contribution in [2.24, 2.45) is 0 Å². The summed E-state index contributed by atoms with van der Waals surface area (Å²) in [6, 6.07) is 0. The highest BCUT2D eigenvalue weighted by Gasteiger charge is 1.84. The maximum Gasteiger partial charge on any atom is 0.0639 e. The van der Waals surface area contributed by atoms with Gasteiger partial charge in [0.2, 0.25) is 0 Å². The fourth-order valence-electron chi connectivity index (χ4n) is 0.568. The van der Waals surface area contributed by atoms with Gasteiger partial charge in [-0.1, -0.05) is 13.2 Å². The third-order valence-electron chi connectivity index (χ3n) is 1.07. The normalized spacial score (nSPS) is 8.73. The molecule has 0 fully saturated rings. The number of hydrogen-bond acceptors (Lipinski definition) is 3. The van der Waals surface area contributed by atoms with Crippen LogP contribution >= 0.6 is 0 Å². The van der Waals surface area contributed by atoms with Crippen molar-refractivity contribution in [2.45, 2.75) is 0 Å². The van der Waals surface area contributed by atoms with Crippen LogP contribution in [-0.2, 0) is 4.74 Å². The van der Waals surface area contributed by atoms with Gasteiger partial charge in [0.25, 0.3) is 0 Å². The van der Waals surface area contributed by atoms with Crippen molar-refractivity contribution in [2.75, 3.05) is 26.3 Å². The molecule has 0 radical (unpaired) electrons. The molecule has 0 bridgehead atoms. The van der Waals surface area contributed by atoms with E-state index in [0.717, 1.165) is 13.1 Å². The molecule has 11 heavy (non-hydrogen) atoms. The minimum atomic E-state index is 0.713. The van der Waals surface area contributed by atoms with E-state index in [1.807, 2.05) is 0 Å². The average Bonchev–Trinajstić information content (AvgIpc) is 2.03. The quantitative estimate of drug-likeness (QED) is 0.501. The Kier molecular flexibility index (Phi) is 8.25. The molecule has 64 valence electrons. The molecule has 0 unspecified atom stereocenters.